The van der Waals surface area contributed by atoms with Gasteiger partial charge in [0.15, 0.2) is 9.84 Å². The Morgan fingerprint density at radius 3 is 2.44 bits per heavy atom. The number of nitriles is 1. The number of nitrogens with zero attached hydrogens (tertiary/aromatic N) is 1. The predicted octanol–water partition coefficient (Wildman–Crippen LogP) is 2.21. The van der Waals surface area contributed by atoms with E-state index in [-0.39, 0.29) is 4.91 Å². The summed E-state index contributed by atoms with van der Waals surface area (Å²) < 4.78 is 22.5. The fraction of sp³-hybridized carbons (Fsp3) is 0.250. The highest BCUT2D eigenvalue weighted by atomic mass is 32.2. The number of benzene rings is 1. The Hall–Kier alpha value is -1.60. The molecule has 0 N–H and O–H groups in total. The van der Waals surface area contributed by atoms with Gasteiger partial charge in [-0.25, -0.2) is 8.42 Å². The molecule has 0 aliphatic rings. The zero-order valence-electron chi connectivity index (χ0n) is 9.48. The standard InChI is InChI=1S/C12H13NO2S/c1-9-4-5-11(10(2)6-9)7-12(8-13)16(3,14)15/h4-7H,1-3H3/b12-7-. The highest BCUT2D eigenvalue weighted by Gasteiger charge is 2.10. The van der Waals surface area contributed by atoms with E-state index in [1.165, 1.54) is 6.08 Å². The summed E-state index contributed by atoms with van der Waals surface area (Å²) in [6, 6.07) is 7.35. The van der Waals surface area contributed by atoms with Gasteiger partial charge in [-0.3, -0.25) is 0 Å². The van der Waals surface area contributed by atoms with E-state index < -0.39 is 9.84 Å². The lowest BCUT2D eigenvalue weighted by atomic mass is 10.1. The van der Waals surface area contributed by atoms with Crippen LogP contribution < -0.4 is 0 Å². The Morgan fingerprint density at radius 2 is 2.00 bits per heavy atom. The smallest absolute Gasteiger partial charge is 0.185 e. The molecule has 16 heavy (non-hydrogen) atoms. The van der Waals surface area contributed by atoms with E-state index in [4.69, 9.17) is 5.26 Å². The minimum absolute atomic E-state index is 0.209. The maximum absolute atomic E-state index is 11.3. The average Bonchev–Trinajstić information content (AvgIpc) is 2.14. The quantitative estimate of drug-likeness (QED) is 0.738. The summed E-state index contributed by atoms with van der Waals surface area (Å²) in [6.45, 7) is 3.85. The molecular formula is C12H13NO2S. The van der Waals surface area contributed by atoms with Crippen LogP contribution >= 0.6 is 0 Å². The molecule has 0 amide bonds. The first kappa shape index (κ1) is 12.5. The Kier molecular flexibility index (Phi) is 3.51. The molecule has 4 heteroatoms. The maximum Gasteiger partial charge on any atom is 0.185 e. The molecule has 0 radical (unpaired) electrons. The van der Waals surface area contributed by atoms with Gasteiger partial charge in [0.2, 0.25) is 0 Å². The van der Waals surface area contributed by atoms with Crippen molar-refractivity contribution in [2.24, 2.45) is 0 Å². The molecule has 1 rings (SSSR count). The Bertz CT molecular complexity index is 578. The summed E-state index contributed by atoms with van der Waals surface area (Å²) in [6.07, 6.45) is 2.44. The number of sulfone groups is 1. The van der Waals surface area contributed by atoms with Crippen LogP contribution in [0.4, 0.5) is 0 Å². The Labute approximate surface area is 95.9 Å². The third kappa shape index (κ3) is 2.94. The predicted molar refractivity (Wildman–Crippen MR) is 64.3 cm³/mol. The van der Waals surface area contributed by atoms with Crippen molar-refractivity contribution in [2.45, 2.75) is 13.8 Å². The van der Waals surface area contributed by atoms with Gasteiger partial charge in [0.25, 0.3) is 0 Å². The van der Waals surface area contributed by atoms with E-state index >= 15 is 0 Å². The van der Waals surface area contributed by atoms with E-state index in [0.29, 0.717) is 0 Å². The van der Waals surface area contributed by atoms with Crippen molar-refractivity contribution < 1.29 is 8.42 Å². The first-order valence-electron chi connectivity index (χ1n) is 4.73. The highest BCUT2D eigenvalue weighted by Crippen LogP contribution is 2.16. The SMILES string of the molecule is Cc1ccc(/C=C(/C#N)S(C)(=O)=O)c(C)c1. The van der Waals surface area contributed by atoms with Gasteiger partial charge < -0.3 is 0 Å². The van der Waals surface area contributed by atoms with E-state index in [0.717, 1.165) is 22.9 Å². The lowest BCUT2D eigenvalue weighted by molar-refractivity contribution is 0.609. The van der Waals surface area contributed by atoms with E-state index in [1.54, 1.807) is 6.07 Å². The zero-order valence-corrected chi connectivity index (χ0v) is 10.3. The van der Waals surface area contributed by atoms with E-state index in [1.807, 2.05) is 32.0 Å². The molecular weight excluding hydrogens is 222 g/mol. The molecule has 0 bridgehead atoms. The molecule has 0 aromatic heterocycles. The minimum Gasteiger partial charge on any atom is -0.223 e. The number of allylic oxidation sites excluding steroid dienone is 1. The highest BCUT2D eigenvalue weighted by molar-refractivity contribution is 7.95. The fourth-order valence-corrected chi connectivity index (χ4v) is 1.86. The topological polar surface area (TPSA) is 57.9 Å². The van der Waals surface area contributed by atoms with Gasteiger partial charge >= 0.3 is 0 Å². The molecule has 0 fully saturated rings. The number of hydrogen-bond donors (Lipinski definition) is 0. The van der Waals surface area contributed by atoms with Crippen LogP contribution in [-0.2, 0) is 9.84 Å². The van der Waals surface area contributed by atoms with Gasteiger partial charge in [0.05, 0.1) is 0 Å². The first-order valence-corrected chi connectivity index (χ1v) is 6.63. The monoisotopic (exact) mass is 235 g/mol. The summed E-state index contributed by atoms with van der Waals surface area (Å²) in [4.78, 5) is -0.209. The first-order chi connectivity index (χ1) is 7.34. The van der Waals surface area contributed by atoms with Crippen molar-refractivity contribution in [3.05, 3.63) is 39.8 Å². The van der Waals surface area contributed by atoms with Crippen LogP contribution in [0.3, 0.4) is 0 Å². The van der Waals surface area contributed by atoms with Crippen molar-refractivity contribution in [1.29, 1.82) is 5.26 Å². The molecule has 0 atom stereocenters. The molecule has 1 aromatic carbocycles. The number of hydrogen-bond acceptors (Lipinski definition) is 3. The van der Waals surface area contributed by atoms with Gasteiger partial charge in [-0.1, -0.05) is 23.8 Å². The van der Waals surface area contributed by atoms with Crippen LogP contribution in [-0.4, -0.2) is 14.7 Å². The molecule has 0 saturated carbocycles. The van der Waals surface area contributed by atoms with Crippen molar-refractivity contribution in [3.63, 3.8) is 0 Å². The summed E-state index contributed by atoms with van der Waals surface area (Å²) in [5, 5.41) is 8.77. The molecule has 0 aliphatic heterocycles. The lowest BCUT2D eigenvalue weighted by Crippen LogP contribution is -1.98. The van der Waals surface area contributed by atoms with Gasteiger partial charge in [-0.15, -0.1) is 0 Å². The van der Waals surface area contributed by atoms with Crippen LogP contribution in [0.1, 0.15) is 16.7 Å². The average molecular weight is 235 g/mol. The molecule has 0 heterocycles. The maximum atomic E-state index is 11.3. The molecule has 0 spiro atoms. The van der Waals surface area contributed by atoms with Crippen molar-refractivity contribution >= 4 is 15.9 Å². The largest absolute Gasteiger partial charge is 0.223 e. The second-order valence-corrected chi connectivity index (χ2v) is 5.74. The van der Waals surface area contributed by atoms with Crippen LogP contribution in [0.2, 0.25) is 0 Å². The molecule has 0 unspecified atom stereocenters. The summed E-state index contributed by atoms with van der Waals surface area (Å²) in [7, 11) is -3.44. The van der Waals surface area contributed by atoms with Crippen LogP contribution in [0, 0.1) is 25.2 Å². The molecule has 0 aliphatic carbocycles. The minimum atomic E-state index is -3.44. The summed E-state index contributed by atoms with van der Waals surface area (Å²) in [5.74, 6) is 0. The lowest BCUT2D eigenvalue weighted by Gasteiger charge is -2.02. The fourth-order valence-electron chi connectivity index (χ4n) is 1.35. The van der Waals surface area contributed by atoms with E-state index in [2.05, 4.69) is 0 Å². The number of aryl methyl sites for hydroxylation is 2. The van der Waals surface area contributed by atoms with Gasteiger partial charge in [0, 0.05) is 6.26 Å². The third-order valence-electron chi connectivity index (χ3n) is 2.22. The van der Waals surface area contributed by atoms with Crippen molar-refractivity contribution in [2.75, 3.05) is 6.26 Å². The van der Waals surface area contributed by atoms with Crippen molar-refractivity contribution in [3.8, 4) is 6.07 Å². The summed E-state index contributed by atoms with van der Waals surface area (Å²) in [5.41, 5.74) is 2.82. The third-order valence-corrected chi connectivity index (χ3v) is 3.23. The molecule has 1 aromatic rings. The Morgan fingerprint density at radius 1 is 1.38 bits per heavy atom. The zero-order chi connectivity index (χ0) is 12.3. The molecule has 84 valence electrons. The van der Waals surface area contributed by atoms with Crippen LogP contribution in [0.25, 0.3) is 6.08 Å². The van der Waals surface area contributed by atoms with Gasteiger partial charge in [0.1, 0.15) is 11.0 Å². The van der Waals surface area contributed by atoms with Crippen molar-refractivity contribution in [1.82, 2.24) is 0 Å². The second kappa shape index (κ2) is 4.50. The van der Waals surface area contributed by atoms with Gasteiger partial charge in [-0.2, -0.15) is 5.26 Å². The second-order valence-electron chi connectivity index (χ2n) is 3.75. The normalized spacial score (nSPS) is 12.2. The Balaban J connectivity index is 3.32. The summed E-state index contributed by atoms with van der Waals surface area (Å²) >= 11 is 0. The van der Waals surface area contributed by atoms with E-state index in [9.17, 15) is 8.42 Å². The number of rotatable bonds is 2. The van der Waals surface area contributed by atoms with Gasteiger partial charge in [-0.05, 0) is 31.1 Å². The molecule has 0 saturated heterocycles. The van der Waals surface area contributed by atoms with Crippen LogP contribution in [0.5, 0.6) is 0 Å². The van der Waals surface area contributed by atoms with Crippen LogP contribution in [0.15, 0.2) is 23.1 Å². The molecule has 3 nitrogen and oxygen atoms in total.